The Kier molecular flexibility index (Phi) is 13.8. The molecule has 1 saturated heterocycles. The van der Waals surface area contributed by atoms with Crippen molar-refractivity contribution >= 4 is 12.0 Å². The summed E-state index contributed by atoms with van der Waals surface area (Å²) < 4.78 is 31.5. The van der Waals surface area contributed by atoms with Crippen LogP contribution in [0.15, 0.2) is 91.0 Å². The van der Waals surface area contributed by atoms with Gasteiger partial charge >= 0.3 is 6.09 Å². The Morgan fingerprint density at radius 3 is 1.79 bits per heavy atom. The third-order valence-corrected chi connectivity index (χ3v) is 7.59. The number of rotatable bonds is 15. The quantitative estimate of drug-likeness (QED) is 0.212. The number of ether oxygens (including phenoxy) is 5. The van der Waals surface area contributed by atoms with Crippen LogP contribution in [0.1, 0.15) is 50.8 Å². The molecule has 0 aromatic heterocycles. The average molecular weight is 649 g/mol. The number of benzene rings is 3. The van der Waals surface area contributed by atoms with E-state index in [0.717, 1.165) is 16.7 Å². The number of hydrogen-bond donors (Lipinski definition) is 3. The molecule has 1 fully saturated rings. The highest BCUT2D eigenvalue weighted by Crippen LogP contribution is 2.31. The zero-order valence-electron chi connectivity index (χ0n) is 27.7. The number of alkyl carbamates (subject to hydrolysis) is 1. The molecule has 0 aliphatic carbocycles. The van der Waals surface area contributed by atoms with Crippen molar-refractivity contribution in [3.63, 3.8) is 0 Å². The lowest BCUT2D eigenvalue weighted by atomic mass is 9.88. The summed E-state index contributed by atoms with van der Waals surface area (Å²) in [7, 11) is 0. The highest BCUT2D eigenvalue weighted by Gasteiger charge is 2.48. The van der Waals surface area contributed by atoms with Gasteiger partial charge in [0.2, 0.25) is 5.91 Å². The number of carbonyl (C=O) groups is 2. The van der Waals surface area contributed by atoms with Crippen molar-refractivity contribution in [3.8, 4) is 0 Å². The van der Waals surface area contributed by atoms with Crippen LogP contribution in [0.5, 0.6) is 0 Å². The molecule has 1 aliphatic rings. The summed E-state index contributed by atoms with van der Waals surface area (Å²) in [5.74, 6) is -0.279. The molecule has 0 radical (unpaired) electrons. The fraction of sp³-hybridized carbons (Fsp3) is 0.459. The van der Waals surface area contributed by atoms with E-state index in [2.05, 4.69) is 10.6 Å². The summed E-state index contributed by atoms with van der Waals surface area (Å²) >= 11 is 0. The number of amides is 2. The van der Waals surface area contributed by atoms with E-state index in [-0.39, 0.29) is 38.8 Å². The molecule has 3 aromatic rings. The minimum atomic E-state index is -0.728. The van der Waals surface area contributed by atoms with E-state index in [1.807, 2.05) is 91.0 Å². The Morgan fingerprint density at radius 1 is 0.787 bits per heavy atom. The maximum Gasteiger partial charge on any atom is 0.407 e. The largest absolute Gasteiger partial charge is 0.444 e. The van der Waals surface area contributed by atoms with Crippen molar-refractivity contribution in [1.29, 1.82) is 0 Å². The van der Waals surface area contributed by atoms with Crippen LogP contribution < -0.4 is 10.6 Å². The van der Waals surface area contributed by atoms with Gasteiger partial charge in [0.1, 0.15) is 23.9 Å². The molecule has 10 heteroatoms. The number of carbonyl (C=O) groups excluding carboxylic acids is 2. The van der Waals surface area contributed by atoms with Crippen molar-refractivity contribution in [2.24, 2.45) is 0 Å². The molecule has 2 amide bonds. The van der Waals surface area contributed by atoms with Crippen molar-refractivity contribution < 1.29 is 38.4 Å². The Balaban J connectivity index is 1.64. The van der Waals surface area contributed by atoms with Gasteiger partial charge in [-0.15, -0.1) is 0 Å². The first-order valence-corrected chi connectivity index (χ1v) is 16.1. The number of hydrogen-bond acceptors (Lipinski definition) is 8. The van der Waals surface area contributed by atoms with Crippen LogP contribution in [0.4, 0.5) is 4.79 Å². The van der Waals surface area contributed by atoms with Gasteiger partial charge in [-0.3, -0.25) is 4.79 Å². The van der Waals surface area contributed by atoms with Crippen LogP contribution in [0.25, 0.3) is 0 Å². The highest BCUT2D eigenvalue weighted by molar-refractivity contribution is 5.73. The minimum Gasteiger partial charge on any atom is -0.444 e. The van der Waals surface area contributed by atoms with E-state index in [0.29, 0.717) is 6.61 Å². The summed E-state index contributed by atoms with van der Waals surface area (Å²) in [6.07, 6.45) is -3.12. The van der Waals surface area contributed by atoms with Gasteiger partial charge < -0.3 is 39.4 Å². The van der Waals surface area contributed by atoms with Gasteiger partial charge in [-0.25, -0.2) is 4.79 Å². The first-order chi connectivity index (χ1) is 22.6. The molecule has 0 spiro atoms. The summed E-state index contributed by atoms with van der Waals surface area (Å²) in [5, 5.41) is 16.1. The van der Waals surface area contributed by atoms with Gasteiger partial charge in [-0.05, 0) is 43.9 Å². The second-order valence-corrected chi connectivity index (χ2v) is 12.7. The molecular formula is C37H48N2O8. The fourth-order valence-corrected chi connectivity index (χ4v) is 5.50. The molecule has 10 nitrogen and oxygen atoms in total. The normalized spacial score (nSPS) is 21.9. The molecular weight excluding hydrogens is 600 g/mol. The van der Waals surface area contributed by atoms with E-state index in [1.54, 1.807) is 20.8 Å². The third kappa shape index (κ3) is 12.1. The standard InChI is InChI=1S/C37H48N2O8/c1-26(41)38-33-31(20-30(21-40)39-36(42)47-37(2,3)4)46-32(25-43-22-27-14-8-5-9-15-27)34(44-23-28-16-10-6-11-17-28)35(33)45-24-29-18-12-7-13-19-29/h5-19,30-35,40H,20-25H2,1-4H3,(H,38,41)(H,39,42)/t30?,31-,32-,33+,34-,35-/m1/s1. The van der Waals surface area contributed by atoms with Gasteiger partial charge in [0.05, 0.1) is 51.2 Å². The van der Waals surface area contributed by atoms with Gasteiger partial charge in [-0.1, -0.05) is 91.0 Å². The third-order valence-electron chi connectivity index (χ3n) is 7.59. The lowest BCUT2D eigenvalue weighted by molar-refractivity contribution is -0.234. The smallest absolute Gasteiger partial charge is 0.407 e. The van der Waals surface area contributed by atoms with E-state index in [1.165, 1.54) is 6.92 Å². The Hall–Kier alpha value is -3.80. The molecule has 1 heterocycles. The molecule has 0 saturated carbocycles. The first kappa shape index (κ1) is 36.0. The molecule has 0 bridgehead atoms. The summed E-state index contributed by atoms with van der Waals surface area (Å²) in [6, 6.07) is 28.0. The second kappa shape index (κ2) is 17.9. The molecule has 4 rings (SSSR count). The van der Waals surface area contributed by atoms with Gasteiger partial charge in [0, 0.05) is 6.92 Å². The first-order valence-electron chi connectivity index (χ1n) is 16.1. The van der Waals surface area contributed by atoms with Gasteiger partial charge in [0.15, 0.2) is 0 Å². The van der Waals surface area contributed by atoms with Crippen LogP contribution >= 0.6 is 0 Å². The van der Waals surface area contributed by atoms with E-state index in [9.17, 15) is 14.7 Å². The molecule has 3 N–H and O–H groups in total. The van der Waals surface area contributed by atoms with Crippen LogP contribution in [0, 0.1) is 0 Å². The van der Waals surface area contributed by atoms with Crippen molar-refractivity contribution in [3.05, 3.63) is 108 Å². The SMILES string of the molecule is CC(=O)N[C@@H]1[C@@H](OCc2ccccc2)[C@H](OCc2ccccc2)[C@@H](COCc2ccccc2)O[C@@H]1CC(CO)NC(=O)OC(C)(C)C. The zero-order chi connectivity index (χ0) is 33.6. The lowest BCUT2D eigenvalue weighted by Gasteiger charge is -2.47. The molecule has 47 heavy (non-hydrogen) atoms. The van der Waals surface area contributed by atoms with Crippen LogP contribution in [0.3, 0.4) is 0 Å². The van der Waals surface area contributed by atoms with Crippen LogP contribution in [-0.2, 0) is 48.3 Å². The monoisotopic (exact) mass is 648 g/mol. The summed E-state index contributed by atoms with van der Waals surface area (Å²) in [5.41, 5.74) is 2.22. The van der Waals surface area contributed by atoms with Crippen LogP contribution in [-0.4, -0.2) is 72.4 Å². The number of aliphatic hydroxyl groups excluding tert-OH is 1. The second-order valence-electron chi connectivity index (χ2n) is 12.7. The highest BCUT2D eigenvalue weighted by atomic mass is 16.6. The minimum absolute atomic E-state index is 0.159. The van der Waals surface area contributed by atoms with E-state index >= 15 is 0 Å². The molecule has 254 valence electrons. The Labute approximate surface area is 277 Å². The van der Waals surface area contributed by atoms with E-state index < -0.39 is 48.2 Å². The molecule has 3 aromatic carbocycles. The fourth-order valence-electron chi connectivity index (χ4n) is 5.50. The predicted molar refractivity (Wildman–Crippen MR) is 177 cm³/mol. The predicted octanol–water partition coefficient (Wildman–Crippen LogP) is 4.92. The summed E-state index contributed by atoms with van der Waals surface area (Å²) in [4.78, 5) is 25.3. The maximum atomic E-state index is 12.6. The topological polar surface area (TPSA) is 125 Å². The maximum absolute atomic E-state index is 12.6. The van der Waals surface area contributed by atoms with Crippen LogP contribution in [0.2, 0.25) is 0 Å². The molecule has 1 aliphatic heterocycles. The Morgan fingerprint density at radius 2 is 1.30 bits per heavy atom. The van der Waals surface area contributed by atoms with Gasteiger partial charge in [0.25, 0.3) is 0 Å². The zero-order valence-corrected chi connectivity index (χ0v) is 27.7. The number of aliphatic hydroxyl groups is 1. The average Bonchev–Trinajstić information content (AvgIpc) is 3.04. The summed E-state index contributed by atoms with van der Waals surface area (Å²) in [6.45, 7) is 7.44. The van der Waals surface area contributed by atoms with Crippen molar-refractivity contribution in [2.45, 2.75) is 96.0 Å². The van der Waals surface area contributed by atoms with Crippen molar-refractivity contribution in [1.82, 2.24) is 10.6 Å². The van der Waals surface area contributed by atoms with Gasteiger partial charge in [-0.2, -0.15) is 0 Å². The Bertz CT molecular complexity index is 1350. The van der Waals surface area contributed by atoms with Crippen molar-refractivity contribution in [2.75, 3.05) is 13.2 Å². The molecule has 6 atom stereocenters. The number of nitrogens with one attached hydrogen (secondary N) is 2. The molecule has 1 unspecified atom stereocenters. The lowest BCUT2D eigenvalue weighted by Crippen LogP contribution is -2.66. The van der Waals surface area contributed by atoms with E-state index in [4.69, 9.17) is 23.7 Å².